The zero-order valence-corrected chi connectivity index (χ0v) is 13.7. The Bertz CT molecular complexity index is 278. The molecule has 0 bridgehead atoms. The predicted octanol–water partition coefficient (Wildman–Crippen LogP) is 3.47. The van der Waals surface area contributed by atoms with Crippen LogP contribution in [-0.2, 0) is 4.79 Å². The van der Waals surface area contributed by atoms with Crippen molar-refractivity contribution in [1.82, 2.24) is 5.32 Å². The lowest BCUT2D eigenvalue weighted by Crippen LogP contribution is -2.47. The lowest BCUT2D eigenvalue weighted by molar-refractivity contribution is -0.127. The Hall–Kier alpha value is -0.570. The molecular weight excluding hydrogens is 248 g/mol. The monoisotopic (exact) mass is 282 g/mol. The van der Waals surface area contributed by atoms with Crippen molar-refractivity contribution in [1.29, 1.82) is 0 Å². The summed E-state index contributed by atoms with van der Waals surface area (Å²) in [5.41, 5.74) is 6.16. The summed E-state index contributed by atoms with van der Waals surface area (Å²) in [6.07, 6.45) is 9.52. The second-order valence-corrected chi connectivity index (χ2v) is 6.98. The van der Waals surface area contributed by atoms with Gasteiger partial charge in [0.1, 0.15) is 0 Å². The summed E-state index contributed by atoms with van der Waals surface area (Å²) < 4.78 is 0. The molecule has 1 saturated carbocycles. The number of hydrogen-bond acceptors (Lipinski definition) is 2. The number of hydrogen-bond donors (Lipinski definition) is 2. The number of amides is 1. The third-order valence-electron chi connectivity index (χ3n) is 4.64. The van der Waals surface area contributed by atoms with E-state index in [1.54, 1.807) is 0 Å². The lowest BCUT2D eigenvalue weighted by Gasteiger charge is -2.32. The maximum atomic E-state index is 12.1. The summed E-state index contributed by atoms with van der Waals surface area (Å²) in [7, 11) is 0. The number of carbonyl (C=O) groups excluding carboxylic acids is 1. The van der Waals surface area contributed by atoms with Crippen molar-refractivity contribution in [3.8, 4) is 0 Å². The van der Waals surface area contributed by atoms with Crippen LogP contribution < -0.4 is 11.1 Å². The summed E-state index contributed by atoms with van der Waals surface area (Å²) in [6.45, 7) is 7.53. The molecular formula is C17H34N2O. The fourth-order valence-electron chi connectivity index (χ4n) is 3.12. The van der Waals surface area contributed by atoms with Crippen LogP contribution in [0.15, 0.2) is 0 Å². The molecule has 118 valence electrons. The molecule has 0 aromatic carbocycles. The van der Waals surface area contributed by atoms with Crippen molar-refractivity contribution in [2.75, 3.05) is 6.54 Å². The highest BCUT2D eigenvalue weighted by Crippen LogP contribution is 2.27. The van der Waals surface area contributed by atoms with Gasteiger partial charge in [-0.15, -0.1) is 0 Å². The summed E-state index contributed by atoms with van der Waals surface area (Å²) in [4.78, 5) is 12.1. The van der Waals surface area contributed by atoms with Crippen LogP contribution in [-0.4, -0.2) is 18.5 Å². The molecule has 0 radical (unpaired) electrons. The van der Waals surface area contributed by atoms with Crippen LogP contribution in [0.5, 0.6) is 0 Å². The van der Waals surface area contributed by atoms with E-state index >= 15 is 0 Å². The Labute approximate surface area is 125 Å². The van der Waals surface area contributed by atoms with Crippen LogP contribution >= 0.6 is 0 Å². The van der Waals surface area contributed by atoms with Crippen LogP contribution in [0.25, 0.3) is 0 Å². The van der Waals surface area contributed by atoms with E-state index in [0.29, 0.717) is 5.92 Å². The fraction of sp³-hybridized carbons (Fsp3) is 0.941. The Balaban J connectivity index is 2.08. The molecule has 0 aromatic rings. The van der Waals surface area contributed by atoms with Gasteiger partial charge in [0, 0.05) is 12.6 Å². The highest BCUT2D eigenvalue weighted by Gasteiger charge is 2.32. The van der Waals surface area contributed by atoms with Crippen LogP contribution in [0, 0.1) is 17.8 Å². The van der Waals surface area contributed by atoms with Crippen molar-refractivity contribution in [3.05, 3.63) is 0 Å². The average Bonchev–Trinajstić information content (AvgIpc) is 2.40. The van der Waals surface area contributed by atoms with E-state index in [0.717, 1.165) is 31.7 Å². The number of rotatable bonds is 8. The molecule has 0 aromatic heterocycles. The summed E-state index contributed by atoms with van der Waals surface area (Å²) >= 11 is 0. The first-order chi connectivity index (χ1) is 9.52. The van der Waals surface area contributed by atoms with Gasteiger partial charge in [-0.25, -0.2) is 0 Å². The van der Waals surface area contributed by atoms with Gasteiger partial charge in [0.25, 0.3) is 0 Å². The zero-order valence-electron chi connectivity index (χ0n) is 13.7. The molecule has 3 unspecified atom stereocenters. The quantitative estimate of drug-likeness (QED) is 0.670. The second-order valence-electron chi connectivity index (χ2n) is 6.98. The normalized spacial score (nSPS) is 26.8. The first-order valence-corrected chi connectivity index (χ1v) is 8.55. The molecule has 3 nitrogen and oxygen atoms in total. The van der Waals surface area contributed by atoms with Crippen LogP contribution in [0.4, 0.5) is 0 Å². The molecule has 1 aliphatic carbocycles. The molecule has 0 spiro atoms. The first-order valence-electron chi connectivity index (χ1n) is 8.55. The Morgan fingerprint density at radius 3 is 2.60 bits per heavy atom. The maximum absolute atomic E-state index is 12.1. The number of nitrogens with two attached hydrogens (primary N) is 1. The highest BCUT2D eigenvalue weighted by molar-refractivity contribution is 5.79. The smallest absolute Gasteiger partial charge is 0.224 e. The van der Waals surface area contributed by atoms with Gasteiger partial charge in [-0.3, -0.25) is 4.79 Å². The zero-order chi connectivity index (χ0) is 15.0. The predicted molar refractivity (Wildman–Crippen MR) is 85.4 cm³/mol. The van der Waals surface area contributed by atoms with Gasteiger partial charge in [-0.2, -0.15) is 0 Å². The minimum atomic E-state index is 0.0414. The largest absolute Gasteiger partial charge is 0.356 e. The Morgan fingerprint density at radius 2 is 1.90 bits per heavy atom. The van der Waals surface area contributed by atoms with E-state index in [2.05, 4.69) is 26.1 Å². The third kappa shape index (κ3) is 6.25. The van der Waals surface area contributed by atoms with Gasteiger partial charge in [0.15, 0.2) is 0 Å². The molecule has 3 heteroatoms. The van der Waals surface area contributed by atoms with Crippen LogP contribution in [0.2, 0.25) is 0 Å². The van der Waals surface area contributed by atoms with Crippen LogP contribution in [0.1, 0.15) is 72.1 Å². The molecule has 1 fully saturated rings. The molecule has 1 rings (SSSR count). The van der Waals surface area contributed by atoms with Gasteiger partial charge in [0.2, 0.25) is 5.91 Å². The maximum Gasteiger partial charge on any atom is 0.224 e. The standard InChI is InChI=1S/C17H34N2O/c1-13(2)9-6-4-5-7-12-19-17(20)15-11-8-10-14(3)16(15)18/h13-16H,4-12,18H2,1-3H3,(H,19,20). The van der Waals surface area contributed by atoms with Crippen molar-refractivity contribution >= 4 is 5.91 Å². The lowest BCUT2D eigenvalue weighted by atomic mass is 9.78. The number of unbranched alkanes of at least 4 members (excludes halogenated alkanes) is 3. The van der Waals surface area contributed by atoms with E-state index in [4.69, 9.17) is 5.73 Å². The molecule has 3 N–H and O–H groups in total. The van der Waals surface area contributed by atoms with Gasteiger partial charge < -0.3 is 11.1 Å². The molecule has 20 heavy (non-hydrogen) atoms. The second kappa shape index (κ2) is 9.38. The minimum Gasteiger partial charge on any atom is -0.356 e. The van der Waals surface area contributed by atoms with Gasteiger partial charge in [-0.05, 0) is 31.1 Å². The topological polar surface area (TPSA) is 55.1 Å². The van der Waals surface area contributed by atoms with E-state index in [-0.39, 0.29) is 17.9 Å². The van der Waals surface area contributed by atoms with Crippen LogP contribution in [0.3, 0.4) is 0 Å². The molecule has 0 heterocycles. The number of nitrogens with one attached hydrogen (secondary N) is 1. The summed E-state index contributed by atoms with van der Waals surface area (Å²) in [6, 6.07) is 0.0507. The minimum absolute atomic E-state index is 0.0414. The van der Waals surface area contributed by atoms with Crippen molar-refractivity contribution < 1.29 is 4.79 Å². The van der Waals surface area contributed by atoms with Gasteiger partial charge in [-0.1, -0.05) is 52.9 Å². The first kappa shape index (κ1) is 17.5. The summed E-state index contributed by atoms with van der Waals surface area (Å²) in [5, 5.41) is 3.08. The van der Waals surface area contributed by atoms with Gasteiger partial charge >= 0.3 is 0 Å². The van der Waals surface area contributed by atoms with Gasteiger partial charge in [0.05, 0.1) is 5.92 Å². The average molecular weight is 282 g/mol. The Morgan fingerprint density at radius 1 is 1.20 bits per heavy atom. The van der Waals surface area contributed by atoms with E-state index in [1.165, 1.54) is 32.1 Å². The molecule has 1 aliphatic rings. The molecule has 3 atom stereocenters. The van der Waals surface area contributed by atoms with Crippen molar-refractivity contribution in [2.24, 2.45) is 23.5 Å². The molecule has 0 aliphatic heterocycles. The molecule has 0 saturated heterocycles. The fourth-order valence-corrected chi connectivity index (χ4v) is 3.12. The SMILES string of the molecule is CC(C)CCCCCCNC(=O)C1CCCC(C)C1N. The third-order valence-corrected chi connectivity index (χ3v) is 4.64. The highest BCUT2D eigenvalue weighted by atomic mass is 16.1. The van der Waals surface area contributed by atoms with E-state index in [9.17, 15) is 4.79 Å². The van der Waals surface area contributed by atoms with E-state index < -0.39 is 0 Å². The Kier molecular flexibility index (Phi) is 8.20. The van der Waals surface area contributed by atoms with E-state index in [1.807, 2.05) is 0 Å². The van der Waals surface area contributed by atoms with Crippen molar-refractivity contribution in [2.45, 2.75) is 78.2 Å². The molecule has 1 amide bonds. The van der Waals surface area contributed by atoms with Crippen molar-refractivity contribution in [3.63, 3.8) is 0 Å². The summed E-state index contributed by atoms with van der Waals surface area (Å²) in [5.74, 6) is 1.52. The number of carbonyl (C=O) groups is 1.